The molecule has 0 aliphatic rings. The van der Waals surface area contributed by atoms with Gasteiger partial charge in [0.15, 0.2) is 4.84 Å². The predicted molar refractivity (Wildman–Crippen MR) is 107 cm³/mol. The van der Waals surface area contributed by atoms with E-state index in [1.807, 2.05) is 12.1 Å². The zero-order valence-electron chi connectivity index (χ0n) is 12.5. The van der Waals surface area contributed by atoms with E-state index in [1.54, 1.807) is 36.5 Å². The summed E-state index contributed by atoms with van der Waals surface area (Å²) in [5.74, 6) is -0.471. The first-order valence-electron chi connectivity index (χ1n) is 7.05. The van der Waals surface area contributed by atoms with Crippen molar-refractivity contribution in [3.8, 4) is 21.0 Å². The first-order valence-corrected chi connectivity index (χ1v) is 9.50. The molecule has 1 aromatic heterocycles. The van der Waals surface area contributed by atoms with E-state index in [4.69, 9.17) is 46.4 Å². The lowest BCUT2D eigenvalue weighted by Crippen LogP contribution is -2.18. The van der Waals surface area contributed by atoms with Crippen LogP contribution in [-0.2, 0) is 4.79 Å². The van der Waals surface area contributed by atoms with E-state index >= 15 is 0 Å². The van der Waals surface area contributed by atoms with Crippen LogP contribution in [-0.4, -0.2) is 15.7 Å². The molecule has 25 heavy (non-hydrogen) atoms. The van der Waals surface area contributed by atoms with E-state index in [9.17, 15) is 4.79 Å². The second kappa shape index (κ2) is 7.94. The van der Waals surface area contributed by atoms with Crippen molar-refractivity contribution in [3.63, 3.8) is 0 Å². The summed E-state index contributed by atoms with van der Waals surface area (Å²) in [6.07, 6.45) is 1.74. The van der Waals surface area contributed by atoms with E-state index < -0.39 is 10.7 Å². The maximum Gasteiger partial charge on any atom is 0.257 e. The van der Waals surface area contributed by atoms with Crippen molar-refractivity contribution in [2.75, 3.05) is 5.32 Å². The molecule has 0 saturated carbocycles. The van der Waals surface area contributed by atoms with Crippen LogP contribution in [0.15, 0.2) is 48.7 Å². The molecule has 0 radical (unpaired) electrons. The molecule has 3 aromatic rings. The first kappa shape index (κ1) is 18.5. The number of nitrogens with zero attached hydrogens (tertiary/aromatic N) is 1. The third-order valence-electron chi connectivity index (χ3n) is 3.31. The van der Waals surface area contributed by atoms with Crippen LogP contribution >= 0.6 is 57.7 Å². The highest BCUT2D eigenvalue weighted by molar-refractivity contribution is 7.18. The van der Waals surface area contributed by atoms with Crippen molar-refractivity contribution >= 4 is 69.3 Å². The number of carbonyl (C=O) groups is 1. The van der Waals surface area contributed by atoms with Crippen LogP contribution in [0.3, 0.4) is 0 Å². The molecule has 0 atom stereocenters. The van der Waals surface area contributed by atoms with Gasteiger partial charge in [0.25, 0.3) is 5.91 Å². The molecule has 0 bridgehead atoms. The Kier molecular flexibility index (Phi) is 5.87. The summed E-state index contributed by atoms with van der Waals surface area (Å²) >= 11 is 25.0. The number of amides is 1. The van der Waals surface area contributed by atoms with Gasteiger partial charge in [-0.25, -0.2) is 4.98 Å². The zero-order valence-corrected chi connectivity index (χ0v) is 16.3. The van der Waals surface area contributed by atoms with E-state index in [2.05, 4.69) is 10.3 Å². The van der Waals surface area contributed by atoms with Gasteiger partial charge in [-0.2, -0.15) is 0 Å². The SMILES string of the molecule is O=C(Nc1ccc(-c2ncc(-c3c(Cl)cccc3Cl)s2)cc1)C(Cl)Cl. The number of hydrogen-bond donors (Lipinski definition) is 1. The number of rotatable bonds is 4. The zero-order chi connectivity index (χ0) is 18.0. The third-order valence-corrected chi connectivity index (χ3v) is 5.40. The summed E-state index contributed by atoms with van der Waals surface area (Å²) in [5.41, 5.74) is 2.28. The molecule has 0 fully saturated rings. The van der Waals surface area contributed by atoms with Crippen molar-refractivity contribution in [1.82, 2.24) is 4.98 Å². The average molecular weight is 432 g/mol. The van der Waals surface area contributed by atoms with E-state index in [0.717, 1.165) is 21.0 Å². The summed E-state index contributed by atoms with van der Waals surface area (Å²) in [5, 5.41) is 4.59. The van der Waals surface area contributed by atoms with E-state index in [0.29, 0.717) is 15.7 Å². The van der Waals surface area contributed by atoms with Crippen LogP contribution in [0, 0.1) is 0 Å². The van der Waals surface area contributed by atoms with Gasteiger partial charge in [-0.05, 0) is 36.4 Å². The first-order chi connectivity index (χ1) is 12.0. The monoisotopic (exact) mass is 430 g/mol. The predicted octanol–water partition coefficient (Wildman–Crippen LogP) is 6.53. The Morgan fingerprint density at radius 2 is 1.68 bits per heavy atom. The van der Waals surface area contributed by atoms with E-state index in [1.165, 1.54) is 11.3 Å². The Bertz CT molecular complexity index is 889. The van der Waals surface area contributed by atoms with Crippen LogP contribution in [0.5, 0.6) is 0 Å². The van der Waals surface area contributed by atoms with Gasteiger partial charge in [-0.1, -0.05) is 52.5 Å². The number of benzene rings is 2. The Morgan fingerprint density at radius 1 is 1.04 bits per heavy atom. The minimum Gasteiger partial charge on any atom is -0.324 e. The van der Waals surface area contributed by atoms with Gasteiger partial charge in [-0.15, -0.1) is 11.3 Å². The van der Waals surface area contributed by atoms with Crippen molar-refractivity contribution in [1.29, 1.82) is 0 Å². The number of aromatic nitrogens is 1. The molecule has 0 unspecified atom stereocenters. The standard InChI is InChI=1S/C17H10Cl4N2OS/c18-11-2-1-3-12(19)14(11)13-8-22-17(25-13)9-4-6-10(7-5-9)23-16(24)15(20)21/h1-8,15H,(H,23,24). The average Bonchev–Trinajstić information content (AvgIpc) is 3.05. The molecule has 2 aromatic carbocycles. The fourth-order valence-corrected chi connectivity index (χ4v) is 3.97. The van der Waals surface area contributed by atoms with Gasteiger partial charge < -0.3 is 5.32 Å². The highest BCUT2D eigenvalue weighted by Crippen LogP contribution is 2.39. The number of thiazole rings is 1. The molecule has 128 valence electrons. The van der Waals surface area contributed by atoms with Gasteiger partial charge in [0, 0.05) is 23.0 Å². The van der Waals surface area contributed by atoms with Crippen molar-refractivity contribution in [2.24, 2.45) is 0 Å². The maximum atomic E-state index is 11.5. The fraction of sp³-hybridized carbons (Fsp3) is 0.0588. The summed E-state index contributed by atoms with van der Waals surface area (Å²) in [7, 11) is 0. The Labute approximate surface area is 168 Å². The van der Waals surface area contributed by atoms with Gasteiger partial charge in [0.05, 0.1) is 14.9 Å². The molecule has 1 amide bonds. The highest BCUT2D eigenvalue weighted by Gasteiger charge is 2.14. The molecule has 0 aliphatic carbocycles. The normalized spacial score (nSPS) is 10.9. The van der Waals surface area contributed by atoms with Crippen LogP contribution in [0.1, 0.15) is 0 Å². The van der Waals surface area contributed by atoms with Crippen LogP contribution < -0.4 is 5.32 Å². The number of carbonyl (C=O) groups excluding carboxylic acids is 1. The third kappa shape index (κ3) is 4.27. The minimum atomic E-state index is -1.11. The lowest BCUT2D eigenvalue weighted by Gasteiger charge is -2.06. The molecular formula is C17H10Cl4N2OS. The molecule has 0 spiro atoms. The molecule has 3 rings (SSSR count). The fourth-order valence-electron chi connectivity index (χ4n) is 2.15. The molecule has 0 saturated heterocycles. The van der Waals surface area contributed by atoms with Gasteiger partial charge in [-0.3, -0.25) is 4.79 Å². The molecule has 1 N–H and O–H groups in total. The molecule has 0 aliphatic heterocycles. The number of hydrogen-bond acceptors (Lipinski definition) is 3. The largest absolute Gasteiger partial charge is 0.324 e. The second-order valence-electron chi connectivity index (χ2n) is 4.99. The number of alkyl halides is 2. The van der Waals surface area contributed by atoms with Gasteiger partial charge in [0.2, 0.25) is 0 Å². The topological polar surface area (TPSA) is 42.0 Å². The Hall–Kier alpha value is -1.30. The van der Waals surface area contributed by atoms with Crippen LogP contribution in [0.25, 0.3) is 21.0 Å². The molecular weight excluding hydrogens is 422 g/mol. The number of nitrogens with one attached hydrogen (secondary N) is 1. The number of anilines is 1. The molecule has 3 nitrogen and oxygen atoms in total. The molecule has 8 heteroatoms. The summed E-state index contributed by atoms with van der Waals surface area (Å²) in [6.45, 7) is 0. The van der Waals surface area contributed by atoms with Crippen molar-refractivity contribution in [2.45, 2.75) is 4.84 Å². The minimum absolute atomic E-state index is 0.471. The Balaban J connectivity index is 1.84. The second-order valence-corrected chi connectivity index (χ2v) is 7.93. The van der Waals surface area contributed by atoms with Crippen LogP contribution in [0.2, 0.25) is 10.0 Å². The lowest BCUT2D eigenvalue weighted by atomic mass is 10.2. The smallest absolute Gasteiger partial charge is 0.257 e. The van der Waals surface area contributed by atoms with Crippen molar-refractivity contribution < 1.29 is 4.79 Å². The Morgan fingerprint density at radius 3 is 2.28 bits per heavy atom. The summed E-state index contributed by atoms with van der Waals surface area (Å²) < 4.78 is 0. The molecule has 1 heterocycles. The van der Waals surface area contributed by atoms with Gasteiger partial charge in [0.1, 0.15) is 5.01 Å². The quantitative estimate of drug-likeness (QED) is 0.477. The van der Waals surface area contributed by atoms with Crippen LogP contribution in [0.4, 0.5) is 5.69 Å². The van der Waals surface area contributed by atoms with Crippen molar-refractivity contribution in [3.05, 3.63) is 58.7 Å². The maximum absolute atomic E-state index is 11.5. The highest BCUT2D eigenvalue weighted by atomic mass is 35.5. The summed E-state index contributed by atoms with van der Waals surface area (Å²) in [6, 6.07) is 12.6. The van der Waals surface area contributed by atoms with Gasteiger partial charge >= 0.3 is 0 Å². The van der Waals surface area contributed by atoms with E-state index in [-0.39, 0.29) is 0 Å². The summed E-state index contributed by atoms with van der Waals surface area (Å²) in [4.78, 5) is 15.7. The lowest BCUT2D eigenvalue weighted by molar-refractivity contribution is -0.114. The number of halogens is 4.